The van der Waals surface area contributed by atoms with Crippen molar-refractivity contribution in [2.75, 3.05) is 0 Å². The van der Waals surface area contributed by atoms with Gasteiger partial charge < -0.3 is 0 Å². The second-order valence-electron chi connectivity index (χ2n) is 2.64. The number of halogens is 4. The summed E-state index contributed by atoms with van der Waals surface area (Å²) in [5.74, 6) is 0. The zero-order valence-corrected chi connectivity index (χ0v) is 8.48. The molecule has 0 aliphatic carbocycles. The lowest BCUT2D eigenvalue weighted by atomic mass is 10.1. The van der Waals surface area contributed by atoms with E-state index in [9.17, 15) is 13.2 Å². The van der Waals surface area contributed by atoms with Crippen molar-refractivity contribution in [3.63, 3.8) is 0 Å². The molecule has 0 unspecified atom stereocenters. The summed E-state index contributed by atoms with van der Waals surface area (Å²) in [6, 6.07) is 5.12. The lowest BCUT2D eigenvalue weighted by Gasteiger charge is -2.08. The second-order valence-corrected chi connectivity index (χ2v) is 3.49. The van der Waals surface area contributed by atoms with Gasteiger partial charge >= 0.3 is 6.18 Å². The first-order chi connectivity index (χ1) is 6.45. The number of rotatable bonds is 1. The molecule has 0 aromatic heterocycles. The van der Waals surface area contributed by atoms with E-state index >= 15 is 0 Å². The lowest BCUT2D eigenvalue weighted by Crippen LogP contribution is -2.05. The molecule has 1 aromatic rings. The van der Waals surface area contributed by atoms with Gasteiger partial charge in [0, 0.05) is 4.47 Å². The van der Waals surface area contributed by atoms with E-state index < -0.39 is 11.7 Å². The van der Waals surface area contributed by atoms with Gasteiger partial charge in [-0.25, -0.2) is 0 Å². The minimum atomic E-state index is -4.34. The summed E-state index contributed by atoms with van der Waals surface area (Å²) in [7, 11) is 0. The number of hydrogen-bond acceptors (Lipinski definition) is 1. The number of alkyl halides is 3. The molecule has 74 valence electrons. The van der Waals surface area contributed by atoms with Gasteiger partial charge in [-0.05, 0) is 17.7 Å². The summed E-state index contributed by atoms with van der Waals surface area (Å²) >= 11 is 2.99. The monoisotopic (exact) mass is 263 g/mol. The molecule has 1 aromatic carbocycles. The molecule has 0 atom stereocenters. The Morgan fingerprint density at radius 1 is 1.36 bits per heavy atom. The molecule has 5 heteroatoms. The minimum absolute atomic E-state index is 0.0960. The molecule has 0 aliphatic heterocycles. The molecule has 14 heavy (non-hydrogen) atoms. The maximum Gasteiger partial charge on any atom is 0.416 e. The third-order valence-corrected chi connectivity index (χ3v) is 2.39. The van der Waals surface area contributed by atoms with Crippen LogP contribution in [-0.4, -0.2) is 0 Å². The van der Waals surface area contributed by atoms with Gasteiger partial charge in [0.05, 0.1) is 18.1 Å². The molecule has 0 spiro atoms. The SMILES string of the molecule is N#CCc1ccc(C(F)(F)F)cc1Br. The molecule has 0 heterocycles. The van der Waals surface area contributed by atoms with Crippen molar-refractivity contribution in [3.05, 3.63) is 33.8 Å². The van der Waals surface area contributed by atoms with Crippen LogP contribution in [0.25, 0.3) is 0 Å². The topological polar surface area (TPSA) is 23.8 Å². The average molecular weight is 264 g/mol. The Morgan fingerprint density at radius 2 is 2.00 bits per heavy atom. The van der Waals surface area contributed by atoms with Crippen molar-refractivity contribution in [2.24, 2.45) is 0 Å². The first kappa shape index (κ1) is 11.1. The molecule has 0 saturated carbocycles. The lowest BCUT2D eigenvalue weighted by molar-refractivity contribution is -0.137. The summed E-state index contributed by atoms with van der Waals surface area (Å²) < 4.78 is 36.9. The fraction of sp³-hybridized carbons (Fsp3) is 0.222. The zero-order chi connectivity index (χ0) is 10.8. The highest BCUT2D eigenvalue weighted by Gasteiger charge is 2.30. The zero-order valence-electron chi connectivity index (χ0n) is 6.90. The first-order valence-corrected chi connectivity index (χ1v) is 4.47. The average Bonchev–Trinajstić information content (AvgIpc) is 2.07. The van der Waals surface area contributed by atoms with Gasteiger partial charge in [0.2, 0.25) is 0 Å². The molecule has 1 rings (SSSR count). The Bertz CT molecular complexity index is 379. The fourth-order valence-corrected chi connectivity index (χ4v) is 1.47. The van der Waals surface area contributed by atoms with Gasteiger partial charge in [0.1, 0.15) is 0 Å². The van der Waals surface area contributed by atoms with E-state index in [2.05, 4.69) is 15.9 Å². The molecule has 0 saturated heterocycles. The molecule has 0 amide bonds. The van der Waals surface area contributed by atoms with Crippen LogP contribution in [0.1, 0.15) is 11.1 Å². The normalized spacial score (nSPS) is 11.1. The Morgan fingerprint density at radius 3 is 2.43 bits per heavy atom. The van der Waals surface area contributed by atoms with Gasteiger partial charge in [-0.3, -0.25) is 0 Å². The van der Waals surface area contributed by atoms with E-state index in [1.54, 1.807) is 0 Å². The van der Waals surface area contributed by atoms with E-state index in [0.29, 0.717) is 10.0 Å². The molecular weight excluding hydrogens is 259 g/mol. The number of nitrogens with zero attached hydrogens (tertiary/aromatic N) is 1. The minimum Gasteiger partial charge on any atom is -0.198 e. The molecule has 1 nitrogen and oxygen atoms in total. The van der Waals surface area contributed by atoms with Crippen molar-refractivity contribution in [1.82, 2.24) is 0 Å². The number of benzene rings is 1. The van der Waals surface area contributed by atoms with Gasteiger partial charge in [-0.2, -0.15) is 18.4 Å². The third kappa shape index (κ3) is 2.48. The van der Waals surface area contributed by atoms with Crippen molar-refractivity contribution < 1.29 is 13.2 Å². The van der Waals surface area contributed by atoms with E-state index in [-0.39, 0.29) is 6.42 Å². The van der Waals surface area contributed by atoms with Crippen LogP contribution >= 0.6 is 15.9 Å². The van der Waals surface area contributed by atoms with Crippen LogP contribution in [0.3, 0.4) is 0 Å². The van der Waals surface area contributed by atoms with Gasteiger partial charge in [-0.1, -0.05) is 22.0 Å². The van der Waals surface area contributed by atoms with Crippen molar-refractivity contribution in [3.8, 4) is 6.07 Å². The Hall–Kier alpha value is -1.02. The molecule has 0 radical (unpaired) electrons. The highest BCUT2D eigenvalue weighted by Crippen LogP contribution is 2.32. The van der Waals surface area contributed by atoms with E-state index in [0.717, 1.165) is 12.1 Å². The van der Waals surface area contributed by atoms with Crippen molar-refractivity contribution in [1.29, 1.82) is 5.26 Å². The quantitative estimate of drug-likeness (QED) is 0.761. The van der Waals surface area contributed by atoms with Gasteiger partial charge in [-0.15, -0.1) is 0 Å². The second kappa shape index (κ2) is 4.01. The Labute approximate surface area is 87.3 Å². The summed E-state index contributed by atoms with van der Waals surface area (Å²) in [5, 5.41) is 8.38. The Balaban J connectivity index is 3.08. The van der Waals surface area contributed by atoms with Gasteiger partial charge in [0.15, 0.2) is 0 Å². The molecular formula is C9H5BrF3N. The molecule has 0 bridgehead atoms. The maximum absolute atomic E-state index is 12.2. The standard InChI is InChI=1S/C9H5BrF3N/c10-8-5-7(9(11,12)13)2-1-6(8)3-4-14/h1-2,5H,3H2. The number of hydrogen-bond donors (Lipinski definition) is 0. The van der Waals surface area contributed by atoms with Crippen LogP contribution in [0, 0.1) is 11.3 Å². The van der Waals surface area contributed by atoms with Crippen LogP contribution in [0.5, 0.6) is 0 Å². The summed E-state index contributed by atoms with van der Waals surface area (Å²) in [5.41, 5.74) is -0.161. The van der Waals surface area contributed by atoms with Gasteiger partial charge in [0.25, 0.3) is 0 Å². The smallest absolute Gasteiger partial charge is 0.198 e. The third-order valence-electron chi connectivity index (χ3n) is 1.65. The van der Waals surface area contributed by atoms with Crippen LogP contribution in [0.15, 0.2) is 22.7 Å². The molecule has 0 fully saturated rings. The predicted molar refractivity (Wildman–Crippen MR) is 48.5 cm³/mol. The predicted octanol–water partition coefficient (Wildman–Crippen LogP) is 3.53. The van der Waals surface area contributed by atoms with Crippen LogP contribution in [0.4, 0.5) is 13.2 Å². The fourth-order valence-electron chi connectivity index (χ4n) is 0.952. The van der Waals surface area contributed by atoms with Crippen molar-refractivity contribution >= 4 is 15.9 Å². The highest BCUT2D eigenvalue weighted by atomic mass is 79.9. The van der Waals surface area contributed by atoms with E-state index in [1.165, 1.54) is 6.07 Å². The summed E-state index contributed by atoms with van der Waals surface area (Å²) in [4.78, 5) is 0. The van der Waals surface area contributed by atoms with E-state index in [4.69, 9.17) is 5.26 Å². The molecule has 0 aliphatic rings. The maximum atomic E-state index is 12.2. The number of nitriles is 1. The highest BCUT2D eigenvalue weighted by molar-refractivity contribution is 9.10. The summed E-state index contributed by atoms with van der Waals surface area (Å²) in [6.45, 7) is 0. The molecule has 0 N–H and O–H groups in total. The largest absolute Gasteiger partial charge is 0.416 e. The van der Waals surface area contributed by atoms with Crippen LogP contribution in [0.2, 0.25) is 0 Å². The Kier molecular flexibility index (Phi) is 3.17. The first-order valence-electron chi connectivity index (χ1n) is 3.67. The van der Waals surface area contributed by atoms with Crippen LogP contribution < -0.4 is 0 Å². The summed E-state index contributed by atoms with van der Waals surface area (Å²) in [6.07, 6.45) is -4.24. The van der Waals surface area contributed by atoms with Crippen molar-refractivity contribution in [2.45, 2.75) is 12.6 Å². The van der Waals surface area contributed by atoms with E-state index in [1.807, 2.05) is 6.07 Å². The van der Waals surface area contributed by atoms with Crippen LogP contribution in [-0.2, 0) is 12.6 Å².